The highest BCUT2D eigenvalue weighted by molar-refractivity contribution is 7.93. The third-order valence-corrected chi connectivity index (χ3v) is 4.85. The lowest BCUT2D eigenvalue weighted by Crippen LogP contribution is -2.23. The van der Waals surface area contributed by atoms with Gasteiger partial charge in [0.1, 0.15) is 0 Å². The van der Waals surface area contributed by atoms with E-state index in [0.717, 1.165) is 35.6 Å². The summed E-state index contributed by atoms with van der Waals surface area (Å²) in [7, 11) is -3.96. The number of hydrogen-bond acceptors (Lipinski definition) is 8. The number of nitro groups is 1. The van der Waals surface area contributed by atoms with E-state index in [4.69, 9.17) is 0 Å². The molecule has 0 saturated carbocycles. The number of nitro benzene ring substituents is 1. The molecule has 1 heterocycles. The maximum atomic E-state index is 12.1. The molecule has 0 bridgehead atoms. The van der Waals surface area contributed by atoms with Crippen LogP contribution in [-0.2, 0) is 21.2 Å². The zero-order chi connectivity index (χ0) is 16.3. The first kappa shape index (κ1) is 15.9. The second-order valence-corrected chi connectivity index (χ2v) is 6.83. The van der Waals surface area contributed by atoms with Gasteiger partial charge in [-0.3, -0.25) is 14.8 Å². The number of non-ortho nitro benzene ring substituents is 1. The molecule has 0 amide bonds. The summed E-state index contributed by atoms with van der Waals surface area (Å²) in [5, 5.41) is 21.0. The fourth-order valence-corrected chi connectivity index (χ4v) is 3.54. The van der Waals surface area contributed by atoms with Crippen molar-refractivity contribution in [1.29, 1.82) is 0 Å². The maximum Gasteiger partial charge on any atom is 0.269 e. The number of thiazole rings is 1. The summed E-state index contributed by atoms with van der Waals surface area (Å²) in [6.07, 6.45) is 0.866. The van der Waals surface area contributed by atoms with Gasteiger partial charge in [-0.1, -0.05) is 0 Å². The predicted molar refractivity (Wildman–Crippen MR) is 74.7 cm³/mol. The predicted octanol–water partition coefficient (Wildman–Crippen LogP) is 0.144. The number of carboxylic acid groups (broad SMARTS) is 1. The first-order valence-corrected chi connectivity index (χ1v) is 8.00. The number of nitrogens with zero attached hydrogens (tertiary/aromatic N) is 2. The lowest BCUT2D eigenvalue weighted by atomic mass is 10.3. The van der Waals surface area contributed by atoms with Crippen molar-refractivity contribution >= 4 is 38.1 Å². The minimum absolute atomic E-state index is 0.00500. The number of aromatic nitrogens is 1. The van der Waals surface area contributed by atoms with Gasteiger partial charge in [-0.05, 0) is 12.1 Å². The summed E-state index contributed by atoms with van der Waals surface area (Å²) in [6, 6.07) is 4.32. The van der Waals surface area contributed by atoms with Gasteiger partial charge in [0.25, 0.3) is 15.7 Å². The van der Waals surface area contributed by atoms with Crippen molar-refractivity contribution in [2.24, 2.45) is 0 Å². The van der Waals surface area contributed by atoms with E-state index in [1.54, 1.807) is 0 Å². The molecule has 0 atom stereocenters. The molecule has 0 saturated heterocycles. The van der Waals surface area contributed by atoms with Crippen LogP contribution in [0.15, 0.2) is 35.4 Å². The topological polar surface area (TPSA) is 142 Å². The Kier molecular flexibility index (Phi) is 4.37. The van der Waals surface area contributed by atoms with Gasteiger partial charge in [0.15, 0.2) is 5.13 Å². The molecule has 22 heavy (non-hydrogen) atoms. The Bertz CT molecular complexity index is 813. The number of nitrogens with one attached hydrogen (secondary N) is 1. The van der Waals surface area contributed by atoms with Crippen molar-refractivity contribution in [3.63, 3.8) is 0 Å². The lowest BCUT2D eigenvalue weighted by molar-refractivity contribution is -0.384. The highest BCUT2D eigenvalue weighted by Crippen LogP contribution is 2.23. The van der Waals surface area contributed by atoms with Gasteiger partial charge in [0.2, 0.25) is 0 Å². The third kappa shape index (κ3) is 3.77. The normalized spacial score (nSPS) is 11.1. The van der Waals surface area contributed by atoms with Crippen molar-refractivity contribution in [2.75, 3.05) is 4.72 Å². The maximum absolute atomic E-state index is 12.1. The van der Waals surface area contributed by atoms with Crippen LogP contribution in [0.5, 0.6) is 0 Å². The Labute approximate surface area is 128 Å². The van der Waals surface area contributed by atoms with Gasteiger partial charge in [-0.25, -0.2) is 13.4 Å². The van der Waals surface area contributed by atoms with E-state index in [2.05, 4.69) is 9.71 Å². The summed E-state index contributed by atoms with van der Waals surface area (Å²) >= 11 is 0.860. The van der Waals surface area contributed by atoms with Gasteiger partial charge in [0, 0.05) is 35.6 Å². The van der Waals surface area contributed by atoms with Gasteiger partial charge in [-0.15, -0.1) is 11.3 Å². The molecule has 1 aromatic carbocycles. The number of aliphatic carboxylic acids is 1. The summed E-state index contributed by atoms with van der Waals surface area (Å²) in [6.45, 7) is 0. The average Bonchev–Trinajstić information content (AvgIpc) is 2.84. The minimum Gasteiger partial charge on any atom is -0.550 e. The van der Waals surface area contributed by atoms with E-state index < -0.39 is 20.9 Å². The molecular formula is C11H8N3O6S2-. The number of carbonyl (C=O) groups is 1. The van der Waals surface area contributed by atoms with Crippen LogP contribution in [0.4, 0.5) is 10.8 Å². The van der Waals surface area contributed by atoms with Crippen LogP contribution >= 0.6 is 11.3 Å². The van der Waals surface area contributed by atoms with Gasteiger partial charge in [-0.2, -0.15) is 0 Å². The molecule has 0 spiro atoms. The number of carbonyl (C=O) groups excluding carboxylic acids is 1. The van der Waals surface area contributed by atoms with Crippen LogP contribution in [-0.4, -0.2) is 24.3 Å². The molecule has 9 nitrogen and oxygen atoms in total. The van der Waals surface area contributed by atoms with Crippen molar-refractivity contribution in [1.82, 2.24) is 4.98 Å². The van der Waals surface area contributed by atoms with E-state index >= 15 is 0 Å². The van der Waals surface area contributed by atoms with E-state index in [1.165, 1.54) is 6.20 Å². The Balaban J connectivity index is 2.18. The number of carboxylic acids is 1. The van der Waals surface area contributed by atoms with Crippen LogP contribution in [0.25, 0.3) is 0 Å². The number of hydrogen-bond donors (Lipinski definition) is 1. The molecule has 0 radical (unpaired) electrons. The third-order valence-electron chi connectivity index (χ3n) is 2.45. The molecule has 1 N–H and O–H groups in total. The van der Waals surface area contributed by atoms with Crippen LogP contribution < -0.4 is 9.83 Å². The first-order valence-electron chi connectivity index (χ1n) is 5.70. The Morgan fingerprint density at radius 3 is 2.50 bits per heavy atom. The summed E-state index contributed by atoms with van der Waals surface area (Å²) < 4.78 is 26.3. The van der Waals surface area contributed by atoms with Gasteiger partial charge in [0.05, 0.1) is 9.82 Å². The molecule has 2 aromatic rings. The average molecular weight is 342 g/mol. The second-order valence-electron chi connectivity index (χ2n) is 4.04. The quantitative estimate of drug-likeness (QED) is 0.581. The molecule has 0 unspecified atom stereocenters. The van der Waals surface area contributed by atoms with E-state index in [-0.39, 0.29) is 22.1 Å². The van der Waals surface area contributed by atoms with Crippen molar-refractivity contribution < 1.29 is 23.2 Å². The van der Waals surface area contributed by atoms with Crippen LogP contribution in [0.3, 0.4) is 0 Å². The summed E-state index contributed by atoms with van der Waals surface area (Å²) in [4.78, 5) is 24.2. The van der Waals surface area contributed by atoms with Gasteiger partial charge < -0.3 is 9.90 Å². The monoisotopic (exact) mass is 342 g/mol. The Morgan fingerprint density at radius 2 is 1.95 bits per heavy atom. The van der Waals surface area contributed by atoms with Crippen molar-refractivity contribution in [3.05, 3.63) is 45.5 Å². The standard InChI is InChI=1S/C11H9N3O6S2/c15-10(16)5-8-6-12-11(21-8)13-22(19,20)9-3-1-7(2-4-9)14(17)18/h1-4,6H,5H2,(H,12,13)(H,15,16)/p-1. The zero-order valence-electron chi connectivity index (χ0n) is 10.8. The van der Waals surface area contributed by atoms with Gasteiger partial charge >= 0.3 is 0 Å². The second kappa shape index (κ2) is 6.07. The molecule has 1 aromatic heterocycles. The summed E-state index contributed by atoms with van der Waals surface area (Å²) in [5.41, 5.74) is -0.232. The molecule has 11 heteroatoms. The van der Waals surface area contributed by atoms with Crippen molar-refractivity contribution in [3.8, 4) is 0 Å². The molecule has 0 aliphatic rings. The Hall–Kier alpha value is -2.53. The number of benzene rings is 1. The van der Waals surface area contributed by atoms with Crippen LogP contribution in [0.1, 0.15) is 4.88 Å². The zero-order valence-corrected chi connectivity index (χ0v) is 12.4. The van der Waals surface area contributed by atoms with Crippen LogP contribution in [0.2, 0.25) is 0 Å². The molecular weight excluding hydrogens is 334 g/mol. The van der Waals surface area contributed by atoms with Crippen molar-refractivity contribution in [2.45, 2.75) is 11.3 Å². The lowest BCUT2D eigenvalue weighted by Gasteiger charge is -2.04. The van der Waals surface area contributed by atoms with E-state index in [0.29, 0.717) is 4.88 Å². The smallest absolute Gasteiger partial charge is 0.269 e. The SMILES string of the molecule is O=C([O-])Cc1cnc(NS(=O)(=O)c2ccc([N+](=O)[O-])cc2)s1. The summed E-state index contributed by atoms with van der Waals surface area (Å²) in [5.74, 6) is -1.30. The molecule has 0 aliphatic carbocycles. The highest BCUT2D eigenvalue weighted by Gasteiger charge is 2.17. The molecule has 0 fully saturated rings. The highest BCUT2D eigenvalue weighted by atomic mass is 32.2. The largest absolute Gasteiger partial charge is 0.550 e. The number of rotatable bonds is 6. The number of sulfonamides is 1. The fourth-order valence-electron chi connectivity index (χ4n) is 1.50. The molecule has 0 aliphatic heterocycles. The molecule has 116 valence electrons. The first-order chi connectivity index (χ1) is 10.3. The fraction of sp³-hybridized carbons (Fsp3) is 0.0909. The minimum atomic E-state index is -3.96. The molecule has 2 rings (SSSR count). The number of anilines is 1. The Morgan fingerprint density at radius 1 is 1.32 bits per heavy atom. The van der Waals surface area contributed by atoms with Crippen LogP contribution in [0, 0.1) is 10.1 Å². The van der Waals surface area contributed by atoms with E-state index in [9.17, 15) is 28.4 Å². The van der Waals surface area contributed by atoms with E-state index in [1.807, 2.05) is 0 Å².